The van der Waals surface area contributed by atoms with Crippen LogP contribution in [0.4, 0.5) is 0 Å². The predicted octanol–water partition coefficient (Wildman–Crippen LogP) is 1.65. The van der Waals surface area contributed by atoms with Crippen LogP contribution in [0.5, 0.6) is 0 Å². The molecule has 2 aliphatic carbocycles. The van der Waals surface area contributed by atoms with Crippen LogP contribution in [0.3, 0.4) is 0 Å². The lowest BCUT2D eigenvalue weighted by Gasteiger charge is -2.35. The van der Waals surface area contributed by atoms with Gasteiger partial charge in [0.05, 0.1) is 17.9 Å². The summed E-state index contributed by atoms with van der Waals surface area (Å²) >= 11 is 0. The molecule has 0 unspecified atom stereocenters. The highest BCUT2D eigenvalue weighted by Crippen LogP contribution is 2.31. The molecule has 2 aliphatic rings. The Morgan fingerprint density at radius 3 is 1.96 bits per heavy atom. The van der Waals surface area contributed by atoms with Gasteiger partial charge in [0.15, 0.2) is 0 Å². The molecule has 8 N–H and O–H groups in total. The maximum Gasteiger partial charge on any atom is 0.325 e. The van der Waals surface area contributed by atoms with E-state index in [9.17, 15) is 33.9 Å². The normalized spacial score (nSPS) is 20.1. The van der Waals surface area contributed by atoms with Gasteiger partial charge >= 0.3 is 5.97 Å². The zero-order valence-electron chi connectivity index (χ0n) is 30.9. The highest BCUT2D eigenvalue weighted by molar-refractivity contribution is 5.94. The number of rotatable bonds is 19. The van der Waals surface area contributed by atoms with Crippen LogP contribution in [-0.4, -0.2) is 96.0 Å². The van der Waals surface area contributed by atoms with E-state index < -0.39 is 78.3 Å². The number of carbonyl (C=O) groups excluding carboxylic acids is 6. The molecule has 2 saturated carbocycles. The standard InChI is InChI=1S/C36H64N6O8/c1-6-14-28(34(47)41-31(26-17-12-7-8-13-18-26)35(48)40-27(20-37)32(38)45)42(5)36(49)23(3)29(19-25-15-10-9-11-16-25)50-30(44)21-39-33(46)22(2)24(4)43/h22-29,31,43H,6-21,37H2,1-5H3,(H2,38,45)(H,39,46)(H,40,48)(H,41,47)/t22-,23+,24-,27-,28-,29+,31-/m0/s1. The largest absolute Gasteiger partial charge is 0.460 e. The molecule has 0 aromatic heterocycles. The second-order valence-corrected chi connectivity index (χ2v) is 14.5. The summed E-state index contributed by atoms with van der Waals surface area (Å²) in [5.41, 5.74) is 11.1. The fourth-order valence-corrected chi connectivity index (χ4v) is 7.06. The first-order chi connectivity index (χ1) is 23.7. The van der Waals surface area contributed by atoms with Crippen molar-refractivity contribution < 1.29 is 38.6 Å². The Labute approximate surface area is 297 Å². The Balaban J connectivity index is 2.26. The minimum Gasteiger partial charge on any atom is -0.460 e. The van der Waals surface area contributed by atoms with Crippen LogP contribution in [-0.2, 0) is 33.5 Å². The van der Waals surface area contributed by atoms with Crippen LogP contribution < -0.4 is 27.4 Å². The van der Waals surface area contributed by atoms with Gasteiger partial charge in [0, 0.05) is 13.6 Å². The number of esters is 1. The molecular weight excluding hydrogens is 644 g/mol. The zero-order chi connectivity index (χ0) is 37.4. The maximum atomic E-state index is 14.1. The van der Waals surface area contributed by atoms with Gasteiger partial charge < -0.3 is 42.2 Å². The lowest BCUT2D eigenvalue weighted by atomic mass is 9.82. The van der Waals surface area contributed by atoms with Crippen LogP contribution in [0.25, 0.3) is 0 Å². The van der Waals surface area contributed by atoms with Crippen molar-refractivity contribution in [3.8, 4) is 0 Å². The van der Waals surface area contributed by atoms with E-state index in [1.165, 1.54) is 11.8 Å². The molecule has 14 heteroatoms. The van der Waals surface area contributed by atoms with Crippen LogP contribution in [0.1, 0.15) is 118 Å². The molecule has 0 aromatic carbocycles. The van der Waals surface area contributed by atoms with E-state index in [0.717, 1.165) is 70.6 Å². The smallest absolute Gasteiger partial charge is 0.325 e. The molecule has 0 radical (unpaired) electrons. The van der Waals surface area contributed by atoms with Gasteiger partial charge in [-0.25, -0.2) is 0 Å². The van der Waals surface area contributed by atoms with Gasteiger partial charge in [-0.2, -0.15) is 0 Å². The number of amides is 5. The minimum absolute atomic E-state index is 0.168. The summed E-state index contributed by atoms with van der Waals surface area (Å²) in [7, 11) is 1.55. The lowest BCUT2D eigenvalue weighted by Crippen LogP contribution is -2.60. The Morgan fingerprint density at radius 2 is 1.42 bits per heavy atom. The van der Waals surface area contributed by atoms with Crippen molar-refractivity contribution in [1.82, 2.24) is 20.9 Å². The average Bonchev–Trinajstić information content (AvgIpc) is 3.38. The third-order valence-electron chi connectivity index (χ3n) is 10.6. The molecule has 286 valence electrons. The maximum absolute atomic E-state index is 14.1. The highest BCUT2D eigenvalue weighted by Gasteiger charge is 2.38. The summed E-state index contributed by atoms with van der Waals surface area (Å²) in [6.07, 6.45) is 10.2. The summed E-state index contributed by atoms with van der Waals surface area (Å²) < 4.78 is 5.87. The SMILES string of the molecule is CCC[C@@H](C(=O)N[C@H](C(=O)N[C@@H](CN)C(N)=O)C1CCCCCC1)N(C)C(=O)[C@H](C)[C@@H](CC1CCCCC1)OC(=O)CNC(=O)[C@@H](C)[C@H](C)O. The lowest BCUT2D eigenvalue weighted by molar-refractivity contribution is -0.158. The van der Waals surface area contributed by atoms with Crippen molar-refractivity contribution in [2.24, 2.45) is 35.1 Å². The molecule has 0 heterocycles. The number of aliphatic hydroxyl groups excluding tert-OH is 1. The van der Waals surface area contributed by atoms with Crippen molar-refractivity contribution in [1.29, 1.82) is 0 Å². The van der Waals surface area contributed by atoms with Gasteiger partial charge in [-0.05, 0) is 44.4 Å². The van der Waals surface area contributed by atoms with Gasteiger partial charge in [0.1, 0.15) is 30.8 Å². The molecule has 7 atom stereocenters. The molecule has 50 heavy (non-hydrogen) atoms. The van der Waals surface area contributed by atoms with Gasteiger partial charge in [-0.15, -0.1) is 0 Å². The van der Waals surface area contributed by atoms with Crippen molar-refractivity contribution in [3.05, 3.63) is 0 Å². The number of hydrogen-bond donors (Lipinski definition) is 6. The number of nitrogens with one attached hydrogen (secondary N) is 3. The molecule has 5 amide bonds. The van der Waals surface area contributed by atoms with Crippen LogP contribution in [0, 0.1) is 23.7 Å². The van der Waals surface area contributed by atoms with Crippen LogP contribution in [0.15, 0.2) is 0 Å². The summed E-state index contributed by atoms with van der Waals surface area (Å²) in [5.74, 6) is -4.77. The average molecular weight is 709 g/mol. The molecule has 2 fully saturated rings. The van der Waals surface area contributed by atoms with Crippen molar-refractivity contribution in [2.75, 3.05) is 20.1 Å². The molecule has 0 spiro atoms. The summed E-state index contributed by atoms with van der Waals surface area (Å²) in [6, 6.07) is -2.94. The monoisotopic (exact) mass is 708 g/mol. The van der Waals surface area contributed by atoms with Gasteiger partial charge in [-0.1, -0.05) is 85.0 Å². The Bertz CT molecular complexity index is 1120. The first kappa shape index (κ1) is 42.9. The van der Waals surface area contributed by atoms with E-state index in [0.29, 0.717) is 19.3 Å². The van der Waals surface area contributed by atoms with Crippen molar-refractivity contribution in [2.45, 2.75) is 148 Å². The third kappa shape index (κ3) is 13.5. The van der Waals surface area contributed by atoms with E-state index >= 15 is 0 Å². The fourth-order valence-electron chi connectivity index (χ4n) is 7.06. The number of nitrogens with two attached hydrogens (primary N) is 2. The molecule has 2 rings (SSSR count). The van der Waals surface area contributed by atoms with Crippen molar-refractivity contribution in [3.63, 3.8) is 0 Å². The van der Waals surface area contributed by atoms with E-state index in [2.05, 4.69) is 16.0 Å². The van der Waals surface area contributed by atoms with E-state index in [1.807, 2.05) is 6.92 Å². The van der Waals surface area contributed by atoms with Crippen LogP contribution in [0.2, 0.25) is 0 Å². The number of aliphatic hydroxyl groups is 1. The minimum atomic E-state index is -1.08. The molecule has 14 nitrogen and oxygen atoms in total. The number of likely N-dealkylation sites (N-methyl/N-ethyl adjacent to an activating group) is 1. The third-order valence-corrected chi connectivity index (χ3v) is 10.6. The first-order valence-electron chi connectivity index (χ1n) is 18.7. The second-order valence-electron chi connectivity index (χ2n) is 14.5. The van der Waals surface area contributed by atoms with Gasteiger partial charge in [0.2, 0.25) is 29.5 Å². The summed E-state index contributed by atoms with van der Waals surface area (Å²) in [5, 5.41) is 17.8. The molecule has 0 aliphatic heterocycles. The van der Waals surface area contributed by atoms with Crippen LogP contribution >= 0.6 is 0 Å². The molecule has 0 aromatic rings. The number of nitrogens with zero attached hydrogens (tertiary/aromatic N) is 1. The van der Waals surface area contributed by atoms with Crippen molar-refractivity contribution >= 4 is 35.5 Å². The highest BCUT2D eigenvalue weighted by atomic mass is 16.5. The number of carbonyl (C=O) groups is 6. The number of hydrogen-bond acceptors (Lipinski definition) is 9. The molecule has 0 saturated heterocycles. The predicted molar refractivity (Wildman–Crippen MR) is 189 cm³/mol. The fraction of sp³-hybridized carbons (Fsp3) is 0.833. The van der Waals surface area contributed by atoms with E-state index in [4.69, 9.17) is 16.2 Å². The molecular formula is C36H64N6O8. The summed E-state index contributed by atoms with van der Waals surface area (Å²) in [6.45, 7) is 6.05. The molecule has 0 bridgehead atoms. The number of primary amides is 1. The Hall–Kier alpha value is -3.26. The zero-order valence-corrected chi connectivity index (χ0v) is 30.9. The Kier molecular flexibility index (Phi) is 18.7. The quantitative estimate of drug-likeness (QED) is 0.0847. The first-order valence-corrected chi connectivity index (χ1v) is 18.7. The van der Waals surface area contributed by atoms with Gasteiger partial charge in [0.25, 0.3) is 0 Å². The van der Waals surface area contributed by atoms with E-state index in [1.54, 1.807) is 20.9 Å². The summed E-state index contributed by atoms with van der Waals surface area (Å²) in [4.78, 5) is 80.2. The van der Waals surface area contributed by atoms with E-state index in [-0.39, 0.29) is 24.3 Å². The number of ether oxygens (including phenoxy) is 1. The second kappa shape index (κ2) is 21.8. The Morgan fingerprint density at radius 1 is 0.840 bits per heavy atom. The topological polar surface area (TPSA) is 223 Å². The van der Waals surface area contributed by atoms with Gasteiger partial charge in [-0.3, -0.25) is 28.8 Å².